The van der Waals surface area contributed by atoms with Crippen molar-refractivity contribution in [2.75, 3.05) is 0 Å². The van der Waals surface area contributed by atoms with Gasteiger partial charge < -0.3 is 5.32 Å². The van der Waals surface area contributed by atoms with E-state index >= 15 is 0 Å². The fourth-order valence-electron chi connectivity index (χ4n) is 2.61. The third-order valence-electron chi connectivity index (χ3n) is 3.91. The quantitative estimate of drug-likeness (QED) is 0.785. The number of hydrogen-bond donors (Lipinski definition) is 1. The second kappa shape index (κ2) is 6.08. The van der Waals surface area contributed by atoms with E-state index in [1.807, 2.05) is 30.3 Å². The molecule has 0 atom stereocenters. The number of carbonyl (C=O) groups excluding carboxylic acids is 1. The average molecular weight is 310 g/mol. The molecule has 1 aromatic carbocycles. The first-order chi connectivity index (χ1) is 11.1. The fraction of sp³-hybridized carbons (Fsp3) is 0.235. The lowest BCUT2D eigenvalue weighted by atomic mass is 10.1. The summed E-state index contributed by atoms with van der Waals surface area (Å²) < 4.78 is 3.19. The number of aromatic nitrogens is 3. The van der Waals surface area contributed by atoms with Crippen LogP contribution in [0.15, 0.2) is 47.5 Å². The Bertz CT molecular complexity index is 909. The molecule has 0 radical (unpaired) electrons. The molecule has 23 heavy (non-hydrogen) atoms. The van der Waals surface area contributed by atoms with Gasteiger partial charge >= 0.3 is 5.69 Å². The van der Waals surface area contributed by atoms with Gasteiger partial charge in [-0.3, -0.25) is 18.9 Å². The van der Waals surface area contributed by atoms with Crippen LogP contribution in [0, 0.1) is 0 Å². The third kappa shape index (κ3) is 3.01. The number of aryl methyl sites for hydroxylation is 2. The molecule has 0 spiro atoms. The zero-order valence-corrected chi connectivity index (χ0v) is 13.1. The second-order valence-electron chi connectivity index (χ2n) is 5.54. The van der Waals surface area contributed by atoms with Crippen LogP contribution in [-0.2, 0) is 31.9 Å². The van der Waals surface area contributed by atoms with Crippen molar-refractivity contribution in [3.63, 3.8) is 0 Å². The number of rotatable bonds is 4. The van der Waals surface area contributed by atoms with Gasteiger partial charge in [-0.05, 0) is 29.3 Å². The molecule has 0 unspecified atom stereocenters. The molecule has 0 saturated heterocycles. The molecular weight excluding hydrogens is 292 g/mol. The summed E-state index contributed by atoms with van der Waals surface area (Å²) in [5.74, 6) is -0.0610. The highest BCUT2D eigenvalue weighted by Gasteiger charge is 2.10. The SMILES string of the molecule is Cn1c(=O)n(C)c2cc(CC(=O)NCc3cccnc3)ccc21. The van der Waals surface area contributed by atoms with Crippen molar-refractivity contribution in [2.24, 2.45) is 14.1 Å². The number of fused-ring (bicyclic) bond motifs is 1. The summed E-state index contributed by atoms with van der Waals surface area (Å²) in [5.41, 5.74) is 3.45. The van der Waals surface area contributed by atoms with Crippen molar-refractivity contribution in [2.45, 2.75) is 13.0 Å². The molecule has 2 heterocycles. The van der Waals surface area contributed by atoms with Crippen molar-refractivity contribution < 1.29 is 4.79 Å². The Morgan fingerprint density at radius 2 is 1.91 bits per heavy atom. The monoisotopic (exact) mass is 310 g/mol. The molecule has 1 N–H and O–H groups in total. The molecule has 0 bridgehead atoms. The molecule has 6 nitrogen and oxygen atoms in total. The van der Waals surface area contributed by atoms with E-state index in [0.29, 0.717) is 6.54 Å². The normalized spacial score (nSPS) is 10.9. The van der Waals surface area contributed by atoms with Crippen molar-refractivity contribution >= 4 is 16.9 Å². The summed E-state index contributed by atoms with van der Waals surface area (Å²) in [4.78, 5) is 28.0. The zero-order chi connectivity index (χ0) is 16.4. The Kier molecular flexibility index (Phi) is 3.97. The smallest absolute Gasteiger partial charge is 0.328 e. The molecule has 0 fully saturated rings. The summed E-state index contributed by atoms with van der Waals surface area (Å²) in [5, 5.41) is 2.87. The molecular formula is C17H18N4O2. The van der Waals surface area contributed by atoms with Gasteiger partial charge in [0, 0.05) is 33.0 Å². The molecule has 3 aromatic rings. The predicted octanol–water partition coefficient (Wildman–Crippen LogP) is 1.13. The van der Waals surface area contributed by atoms with Crippen LogP contribution < -0.4 is 11.0 Å². The molecule has 2 aromatic heterocycles. The highest BCUT2D eigenvalue weighted by molar-refractivity contribution is 5.82. The van der Waals surface area contributed by atoms with Crippen LogP contribution in [-0.4, -0.2) is 20.0 Å². The van der Waals surface area contributed by atoms with Crippen molar-refractivity contribution in [1.82, 2.24) is 19.4 Å². The number of nitrogens with zero attached hydrogens (tertiary/aromatic N) is 3. The number of nitrogens with one attached hydrogen (secondary N) is 1. The molecule has 0 aliphatic heterocycles. The fourth-order valence-corrected chi connectivity index (χ4v) is 2.61. The minimum absolute atomic E-state index is 0.0610. The molecule has 118 valence electrons. The maximum atomic E-state index is 12.1. The lowest BCUT2D eigenvalue weighted by Gasteiger charge is -2.06. The molecule has 3 rings (SSSR count). The molecule has 0 aliphatic rings. The van der Waals surface area contributed by atoms with E-state index < -0.39 is 0 Å². The Morgan fingerprint density at radius 3 is 2.65 bits per heavy atom. The molecule has 1 amide bonds. The van der Waals surface area contributed by atoms with Gasteiger partial charge in [-0.15, -0.1) is 0 Å². The average Bonchev–Trinajstić information content (AvgIpc) is 2.78. The number of benzene rings is 1. The van der Waals surface area contributed by atoms with Crippen molar-refractivity contribution in [3.8, 4) is 0 Å². The van der Waals surface area contributed by atoms with E-state index in [2.05, 4.69) is 10.3 Å². The Labute approximate surface area is 133 Å². The predicted molar refractivity (Wildman–Crippen MR) is 87.9 cm³/mol. The van der Waals surface area contributed by atoms with E-state index in [4.69, 9.17) is 0 Å². The summed E-state index contributed by atoms with van der Waals surface area (Å²) in [6, 6.07) is 9.40. The standard InChI is InChI=1S/C17H18N4O2/c1-20-14-6-5-12(8-15(14)21(2)17(20)23)9-16(22)19-11-13-4-3-7-18-10-13/h3-8,10H,9,11H2,1-2H3,(H,19,22). The maximum absolute atomic E-state index is 12.1. The third-order valence-corrected chi connectivity index (χ3v) is 3.91. The first-order valence-corrected chi connectivity index (χ1v) is 7.36. The van der Waals surface area contributed by atoms with Crippen molar-refractivity contribution in [3.05, 3.63) is 64.3 Å². The Hall–Kier alpha value is -2.89. The topological polar surface area (TPSA) is 68.9 Å². The minimum Gasteiger partial charge on any atom is -0.352 e. The molecule has 6 heteroatoms. The van der Waals surface area contributed by atoms with Gasteiger partial charge in [-0.1, -0.05) is 12.1 Å². The van der Waals surface area contributed by atoms with Crippen molar-refractivity contribution in [1.29, 1.82) is 0 Å². The molecule has 0 saturated carbocycles. The first kappa shape index (κ1) is 15.0. The van der Waals surface area contributed by atoms with Crippen LogP contribution in [0.5, 0.6) is 0 Å². The summed E-state index contributed by atoms with van der Waals surface area (Å²) >= 11 is 0. The van der Waals surface area contributed by atoms with Crippen LogP contribution in [0.1, 0.15) is 11.1 Å². The van der Waals surface area contributed by atoms with Crippen LogP contribution in [0.25, 0.3) is 11.0 Å². The van der Waals surface area contributed by atoms with Gasteiger partial charge in [-0.25, -0.2) is 4.79 Å². The lowest BCUT2D eigenvalue weighted by molar-refractivity contribution is -0.120. The van der Waals surface area contributed by atoms with Gasteiger partial charge in [0.2, 0.25) is 5.91 Å². The number of imidazole rings is 1. The van der Waals surface area contributed by atoms with Gasteiger partial charge in [0.15, 0.2) is 0 Å². The first-order valence-electron chi connectivity index (χ1n) is 7.36. The summed E-state index contributed by atoms with van der Waals surface area (Å²) in [6.45, 7) is 0.457. The molecule has 0 aliphatic carbocycles. The Morgan fingerprint density at radius 1 is 1.13 bits per heavy atom. The van der Waals surface area contributed by atoms with E-state index in [9.17, 15) is 9.59 Å². The van der Waals surface area contributed by atoms with Gasteiger partial charge in [0.1, 0.15) is 0 Å². The van der Waals surface area contributed by atoms with E-state index in [0.717, 1.165) is 22.2 Å². The second-order valence-corrected chi connectivity index (χ2v) is 5.54. The summed E-state index contributed by atoms with van der Waals surface area (Å²) in [7, 11) is 3.47. The minimum atomic E-state index is -0.0711. The lowest BCUT2D eigenvalue weighted by Crippen LogP contribution is -2.24. The van der Waals surface area contributed by atoms with E-state index in [1.54, 1.807) is 35.6 Å². The van der Waals surface area contributed by atoms with Crippen LogP contribution in [0.4, 0.5) is 0 Å². The highest BCUT2D eigenvalue weighted by Crippen LogP contribution is 2.14. The van der Waals surface area contributed by atoms with Crippen LogP contribution in [0.2, 0.25) is 0 Å². The van der Waals surface area contributed by atoms with E-state index in [-0.39, 0.29) is 18.0 Å². The maximum Gasteiger partial charge on any atom is 0.328 e. The van der Waals surface area contributed by atoms with Crippen LogP contribution >= 0.6 is 0 Å². The number of pyridine rings is 1. The number of amides is 1. The van der Waals surface area contributed by atoms with E-state index in [1.165, 1.54) is 0 Å². The van der Waals surface area contributed by atoms with Crippen LogP contribution in [0.3, 0.4) is 0 Å². The van der Waals surface area contributed by atoms with Gasteiger partial charge in [0.25, 0.3) is 0 Å². The van der Waals surface area contributed by atoms with Gasteiger partial charge in [-0.2, -0.15) is 0 Å². The Balaban J connectivity index is 1.72. The zero-order valence-electron chi connectivity index (χ0n) is 13.1. The number of carbonyl (C=O) groups is 1. The highest BCUT2D eigenvalue weighted by atomic mass is 16.2. The largest absolute Gasteiger partial charge is 0.352 e. The number of hydrogen-bond acceptors (Lipinski definition) is 3. The summed E-state index contributed by atoms with van der Waals surface area (Å²) in [6.07, 6.45) is 3.70. The van der Waals surface area contributed by atoms with Gasteiger partial charge in [0.05, 0.1) is 17.5 Å².